The molecule has 0 aliphatic rings. The van der Waals surface area contributed by atoms with Crippen molar-refractivity contribution in [3.63, 3.8) is 0 Å². The zero-order valence-electron chi connectivity index (χ0n) is 7.76. The third-order valence-corrected chi connectivity index (χ3v) is 2.54. The van der Waals surface area contributed by atoms with Crippen LogP contribution in [-0.2, 0) is 9.53 Å². The van der Waals surface area contributed by atoms with Gasteiger partial charge in [-0.25, -0.2) is 4.79 Å². The molecule has 0 aliphatic heterocycles. The molecule has 0 aromatic rings. The second-order valence-electron chi connectivity index (χ2n) is 2.57. The number of alkyl halides is 1. The molecule has 0 radical (unpaired) electrons. The Morgan fingerprint density at radius 2 is 2.15 bits per heavy atom. The van der Waals surface area contributed by atoms with Gasteiger partial charge in [0.2, 0.25) is 0 Å². The molecule has 0 fully saturated rings. The van der Waals surface area contributed by atoms with Crippen LogP contribution in [0.1, 0.15) is 26.7 Å². The molecule has 0 rings (SSSR count). The molecule has 76 valence electrons. The second kappa shape index (κ2) is 5.54. The van der Waals surface area contributed by atoms with Crippen molar-refractivity contribution in [1.29, 1.82) is 5.41 Å². The van der Waals surface area contributed by atoms with Gasteiger partial charge in [-0.05, 0) is 35.9 Å². The van der Waals surface area contributed by atoms with Crippen molar-refractivity contribution in [1.82, 2.24) is 0 Å². The van der Waals surface area contributed by atoms with Crippen LogP contribution in [0, 0.1) is 5.41 Å². The molecule has 1 atom stereocenters. The summed E-state index contributed by atoms with van der Waals surface area (Å²) in [6.07, 6.45) is 1.13. The summed E-state index contributed by atoms with van der Waals surface area (Å²) in [7, 11) is 0. The molecule has 0 heterocycles. The number of halogens is 1. The number of aliphatic hydroxyl groups is 1. The largest absolute Gasteiger partial charge is 0.463 e. The molecule has 2 N–H and O–H groups in total. The second-order valence-corrected chi connectivity index (χ2v) is 4.13. The van der Waals surface area contributed by atoms with Crippen LogP contribution >= 0.6 is 22.6 Å². The van der Waals surface area contributed by atoms with Crippen molar-refractivity contribution in [2.45, 2.75) is 30.3 Å². The molecule has 0 saturated heterocycles. The third-order valence-electron chi connectivity index (χ3n) is 1.45. The van der Waals surface area contributed by atoms with Crippen LogP contribution in [0.3, 0.4) is 0 Å². The molecule has 0 aromatic carbocycles. The van der Waals surface area contributed by atoms with Crippen LogP contribution in [0.2, 0.25) is 0 Å². The smallest absolute Gasteiger partial charge is 0.354 e. The molecule has 0 aliphatic carbocycles. The highest BCUT2D eigenvalue weighted by molar-refractivity contribution is 14.1. The zero-order chi connectivity index (χ0) is 10.5. The van der Waals surface area contributed by atoms with E-state index in [9.17, 15) is 9.90 Å². The molecule has 0 aromatic heterocycles. The summed E-state index contributed by atoms with van der Waals surface area (Å²) in [5.74, 6) is -0.756. The van der Waals surface area contributed by atoms with Gasteiger partial charge in [-0.15, -0.1) is 0 Å². The van der Waals surface area contributed by atoms with Crippen LogP contribution in [0.25, 0.3) is 0 Å². The fourth-order valence-electron chi connectivity index (χ4n) is 0.766. The number of esters is 1. The van der Waals surface area contributed by atoms with Gasteiger partial charge in [0.15, 0.2) is 0 Å². The topological polar surface area (TPSA) is 70.4 Å². The molecule has 0 saturated carbocycles. The maximum absolute atomic E-state index is 11.2. The number of hydrogen-bond acceptors (Lipinski definition) is 4. The molecule has 0 amide bonds. The van der Waals surface area contributed by atoms with Gasteiger partial charge < -0.3 is 15.3 Å². The first-order valence-corrected chi connectivity index (χ1v) is 5.21. The Morgan fingerprint density at radius 1 is 1.62 bits per heavy atom. The van der Waals surface area contributed by atoms with Crippen LogP contribution in [0.4, 0.5) is 0 Å². The Morgan fingerprint density at radius 3 is 2.54 bits per heavy atom. The Balaban J connectivity index is 4.36. The minimum Gasteiger partial charge on any atom is -0.463 e. The lowest BCUT2D eigenvalue weighted by atomic mass is 10.1. The Kier molecular flexibility index (Phi) is 5.46. The average Bonchev–Trinajstić information content (AvgIpc) is 2.05. The first-order chi connectivity index (χ1) is 5.96. The number of carbonyl (C=O) groups is 1. The van der Waals surface area contributed by atoms with E-state index in [4.69, 9.17) is 5.41 Å². The van der Waals surface area contributed by atoms with E-state index in [-0.39, 0.29) is 12.3 Å². The van der Waals surface area contributed by atoms with E-state index in [0.29, 0.717) is 6.42 Å². The van der Waals surface area contributed by atoms with E-state index in [0.717, 1.165) is 6.42 Å². The zero-order valence-corrected chi connectivity index (χ0v) is 9.92. The highest BCUT2D eigenvalue weighted by Gasteiger charge is 2.38. The Bertz CT molecular complexity index is 184. The third kappa shape index (κ3) is 3.60. The number of ether oxygens (including phenoxy) is 1. The van der Waals surface area contributed by atoms with Gasteiger partial charge >= 0.3 is 5.97 Å². The minimum atomic E-state index is -1.79. The minimum absolute atomic E-state index is 0.00551. The molecule has 1 unspecified atom stereocenters. The number of rotatable bonds is 5. The van der Waals surface area contributed by atoms with Gasteiger partial charge in [0.25, 0.3) is 3.61 Å². The van der Waals surface area contributed by atoms with Crippen molar-refractivity contribution in [2.24, 2.45) is 0 Å². The van der Waals surface area contributed by atoms with E-state index in [1.807, 2.05) is 6.92 Å². The first-order valence-electron chi connectivity index (χ1n) is 4.13. The molecule has 0 spiro atoms. The molecular formula is C8H14INO3. The highest BCUT2D eigenvalue weighted by Crippen LogP contribution is 2.21. The summed E-state index contributed by atoms with van der Waals surface area (Å²) in [5.41, 5.74) is -0.00551. The number of hydrogen-bond donors (Lipinski definition) is 2. The predicted molar refractivity (Wildman–Crippen MR) is 58.2 cm³/mol. The molecule has 4 nitrogen and oxygen atoms in total. The normalized spacial score (nSPS) is 14.8. The summed E-state index contributed by atoms with van der Waals surface area (Å²) in [4.78, 5) is 11.2. The van der Waals surface area contributed by atoms with Gasteiger partial charge in [-0.1, -0.05) is 13.3 Å². The van der Waals surface area contributed by atoms with Gasteiger partial charge in [-0.2, -0.15) is 0 Å². The Labute approximate surface area is 91.3 Å². The summed E-state index contributed by atoms with van der Waals surface area (Å²) in [5, 5.41) is 17.0. The summed E-state index contributed by atoms with van der Waals surface area (Å²) < 4.78 is 2.85. The van der Waals surface area contributed by atoms with Crippen molar-refractivity contribution in [3.05, 3.63) is 0 Å². The molecular weight excluding hydrogens is 285 g/mol. The molecule has 13 heavy (non-hydrogen) atoms. The van der Waals surface area contributed by atoms with E-state index in [2.05, 4.69) is 4.74 Å². The lowest BCUT2D eigenvalue weighted by Crippen LogP contribution is -2.41. The van der Waals surface area contributed by atoms with E-state index < -0.39 is 9.58 Å². The maximum atomic E-state index is 11.2. The average molecular weight is 299 g/mol. The van der Waals surface area contributed by atoms with Crippen molar-refractivity contribution in [3.8, 4) is 0 Å². The fraction of sp³-hybridized carbons (Fsp3) is 0.750. The van der Waals surface area contributed by atoms with Crippen molar-refractivity contribution >= 4 is 34.3 Å². The van der Waals surface area contributed by atoms with Gasteiger partial charge in [0.05, 0.1) is 12.3 Å². The summed E-state index contributed by atoms with van der Waals surface area (Å²) in [6, 6.07) is 0. The van der Waals surface area contributed by atoms with Gasteiger partial charge in [-0.3, -0.25) is 0 Å². The van der Waals surface area contributed by atoms with Crippen LogP contribution in [0.15, 0.2) is 0 Å². The lowest BCUT2D eigenvalue weighted by molar-refractivity contribution is -0.150. The predicted octanol–water partition coefficient (Wildman–Crippen LogP) is 1.49. The van der Waals surface area contributed by atoms with Gasteiger partial charge in [0, 0.05) is 0 Å². The first kappa shape index (κ1) is 12.8. The molecule has 5 heteroatoms. The van der Waals surface area contributed by atoms with Crippen molar-refractivity contribution < 1.29 is 14.6 Å². The Hall–Kier alpha value is -0.170. The summed E-state index contributed by atoms with van der Waals surface area (Å²) in [6.45, 7) is 3.75. The number of nitrogens with one attached hydrogen (secondary N) is 1. The van der Waals surface area contributed by atoms with E-state index >= 15 is 0 Å². The monoisotopic (exact) mass is 299 g/mol. The molecule has 0 bridgehead atoms. The highest BCUT2D eigenvalue weighted by atomic mass is 127. The summed E-state index contributed by atoms with van der Waals surface area (Å²) >= 11 is 1.53. The fourth-order valence-corrected chi connectivity index (χ4v) is 1.19. The van der Waals surface area contributed by atoms with Crippen LogP contribution in [-0.4, -0.2) is 27.0 Å². The SMILES string of the molecule is CCCC(=N)C(O)(I)C(=O)OCC. The standard InChI is InChI=1S/C8H14INO3/c1-3-5-6(10)8(9,12)7(11)13-4-2/h10,12H,3-5H2,1-2H3. The quantitative estimate of drug-likeness (QED) is 0.350. The van der Waals surface area contributed by atoms with Gasteiger partial charge in [0.1, 0.15) is 0 Å². The van der Waals surface area contributed by atoms with Crippen LogP contribution < -0.4 is 0 Å². The van der Waals surface area contributed by atoms with E-state index in [1.54, 1.807) is 6.92 Å². The lowest BCUT2D eigenvalue weighted by Gasteiger charge is -2.19. The maximum Gasteiger partial charge on any atom is 0.354 e. The van der Waals surface area contributed by atoms with Crippen molar-refractivity contribution in [2.75, 3.05) is 6.61 Å². The number of carbonyl (C=O) groups excluding carboxylic acids is 1. The van der Waals surface area contributed by atoms with E-state index in [1.165, 1.54) is 22.6 Å². The van der Waals surface area contributed by atoms with Crippen LogP contribution in [0.5, 0.6) is 0 Å².